The number of H-pyrrole nitrogens is 1. The van der Waals surface area contributed by atoms with Crippen molar-refractivity contribution < 1.29 is 22.8 Å². The number of carbonyl (C=O) groups is 2. The predicted octanol–water partition coefficient (Wildman–Crippen LogP) is 6.08. The van der Waals surface area contributed by atoms with Gasteiger partial charge in [-0.2, -0.15) is 13.2 Å². The van der Waals surface area contributed by atoms with Gasteiger partial charge in [0.05, 0.1) is 33.9 Å². The van der Waals surface area contributed by atoms with Gasteiger partial charge < -0.3 is 10.3 Å². The molecule has 3 aromatic carbocycles. The summed E-state index contributed by atoms with van der Waals surface area (Å²) in [6.07, 6.45) is -2.92. The Bertz CT molecular complexity index is 1620. The van der Waals surface area contributed by atoms with Crippen molar-refractivity contribution in [2.45, 2.75) is 32.0 Å². The van der Waals surface area contributed by atoms with E-state index in [1.807, 2.05) is 7.05 Å². The summed E-state index contributed by atoms with van der Waals surface area (Å²) >= 11 is 6.22. The number of hydrogen-bond donors (Lipinski definition) is 3. The molecule has 40 heavy (non-hydrogen) atoms. The maximum atomic E-state index is 13.6. The van der Waals surface area contributed by atoms with Gasteiger partial charge in [-0.1, -0.05) is 29.8 Å². The van der Waals surface area contributed by atoms with Crippen LogP contribution in [0.3, 0.4) is 0 Å². The second-order valence-corrected chi connectivity index (χ2v) is 10.1. The average Bonchev–Trinajstić information content (AvgIpc) is 3.55. The van der Waals surface area contributed by atoms with E-state index < -0.39 is 29.1 Å². The van der Waals surface area contributed by atoms with Crippen molar-refractivity contribution in [1.29, 1.82) is 0 Å². The lowest BCUT2D eigenvalue weighted by Crippen LogP contribution is -2.38. The van der Waals surface area contributed by atoms with Crippen molar-refractivity contribution in [2.24, 2.45) is 5.84 Å². The average molecular weight is 571 g/mol. The van der Waals surface area contributed by atoms with Crippen LogP contribution in [-0.2, 0) is 6.18 Å². The van der Waals surface area contributed by atoms with Crippen LogP contribution in [0.5, 0.6) is 0 Å². The summed E-state index contributed by atoms with van der Waals surface area (Å²) in [7, 11) is 1.98. The Morgan fingerprint density at radius 2 is 1.90 bits per heavy atom. The van der Waals surface area contributed by atoms with E-state index in [1.54, 1.807) is 25.1 Å². The standard InChI is InChI=1S/C28H26ClF3N6O2/c1-15-20(29)9-5-10-21(15)35-26(39)18-13-16(14-22-24(18)36-25(34-22)23-11-6-12-37(23)2)38(33)27(40)17-7-3-4-8-19(17)28(30,31)32/h3-5,7-10,13-14,23H,6,11-12,33H2,1-2H3,(H,34,36)(H,35,39)/t23-/m0/s1. The highest BCUT2D eigenvalue weighted by molar-refractivity contribution is 6.31. The van der Waals surface area contributed by atoms with E-state index in [0.29, 0.717) is 38.1 Å². The zero-order valence-corrected chi connectivity index (χ0v) is 22.4. The van der Waals surface area contributed by atoms with Crippen molar-refractivity contribution >= 4 is 45.8 Å². The molecule has 1 aromatic heterocycles. The molecule has 4 N–H and O–H groups in total. The molecular formula is C28H26ClF3N6O2. The predicted molar refractivity (Wildman–Crippen MR) is 147 cm³/mol. The van der Waals surface area contributed by atoms with E-state index in [9.17, 15) is 22.8 Å². The minimum Gasteiger partial charge on any atom is -0.341 e. The first-order valence-electron chi connectivity index (χ1n) is 12.5. The third-order valence-corrected chi connectivity index (χ3v) is 7.56. The Kier molecular flexibility index (Phi) is 7.30. The van der Waals surface area contributed by atoms with Crippen LogP contribution in [0.2, 0.25) is 5.02 Å². The molecular weight excluding hydrogens is 545 g/mol. The molecule has 0 aliphatic carbocycles. The number of carbonyl (C=O) groups excluding carboxylic acids is 2. The number of nitrogens with one attached hydrogen (secondary N) is 2. The molecule has 208 valence electrons. The molecule has 5 rings (SSSR count). The van der Waals surface area contributed by atoms with Crippen LogP contribution in [0.15, 0.2) is 54.6 Å². The molecule has 1 aliphatic heterocycles. The molecule has 4 aromatic rings. The number of nitrogens with two attached hydrogens (primary N) is 1. The summed E-state index contributed by atoms with van der Waals surface area (Å²) in [4.78, 5) is 36.9. The number of rotatable bonds is 5. The van der Waals surface area contributed by atoms with E-state index in [1.165, 1.54) is 24.3 Å². The van der Waals surface area contributed by atoms with Gasteiger partial charge in [-0.25, -0.2) is 15.8 Å². The Morgan fingerprint density at radius 3 is 2.60 bits per heavy atom. The number of halogens is 4. The number of hydrogen-bond acceptors (Lipinski definition) is 5. The molecule has 0 unspecified atom stereocenters. The lowest BCUT2D eigenvalue weighted by Gasteiger charge is -2.20. The van der Waals surface area contributed by atoms with Crippen molar-refractivity contribution in [3.63, 3.8) is 0 Å². The topological polar surface area (TPSA) is 107 Å². The van der Waals surface area contributed by atoms with Crippen molar-refractivity contribution in [3.05, 3.63) is 87.7 Å². The summed E-state index contributed by atoms with van der Waals surface area (Å²) in [6.45, 7) is 2.64. The van der Waals surface area contributed by atoms with Crippen LogP contribution >= 0.6 is 11.6 Å². The fraction of sp³-hybridized carbons (Fsp3) is 0.250. The molecule has 0 radical (unpaired) electrons. The number of benzene rings is 3. The number of hydrazine groups is 1. The fourth-order valence-electron chi connectivity index (χ4n) is 4.94. The van der Waals surface area contributed by atoms with Crippen molar-refractivity contribution in [3.8, 4) is 0 Å². The first kappa shape index (κ1) is 27.6. The SMILES string of the molecule is Cc1c(Cl)cccc1NC(=O)c1cc(N(N)C(=O)c2ccccc2C(F)(F)F)cc2[nH]c([C@@H]3CCCN3C)nc12. The number of aromatic nitrogens is 2. The second-order valence-electron chi connectivity index (χ2n) is 9.74. The molecule has 0 saturated carbocycles. The number of nitrogens with zero attached hydrogens (tertiary/aromatic N) is 3. The third-order valence-electron chi connectivity index (χ3n) is 7.15. The van der Waals surface area contributed by atoms with E-state index in [-0.39, 0.29) is 17.3 Å². The summed E-state index contributed by atoms with van der Waals surface area (Å²) < 4.78 is 40.8. The monoisotopic (exact) mass is 570 g/mol. The largest absolute Gasteiger partial charge is 0.417 e. The van der Waals surface area contributed by atoms with Gasteiger partial charge in [0, 0.05) is 10.7 Å². The second kappa shape index (κ2) is 10.6. The number of anilines is 2. The maximum Gasteiger partial charge on any atom is 0.417 e. The number of imidazole rings is 1. The molecule has 2 heterocycles. The minimum atomic E-state index is -4.76. The smallest absolute Gasteiger partial charge is 0.341 e. The number of alkyl halides is 3. The number of amides is 2. The van der Waals surface area contributed by atoms with Crippen LogP contribution in [0.4, 0.5) is 24.5 Å². The van der Waals surface area contributed by atoms with Gasteiger partial charge in [-0.15, -0.1) is 0 Å². The van der Waals surface area contributed by atoms with Crippen LogP contribution < -0.4 is 16.2 Å². The van der Waals surface area contributed by atoms with Gasteiger partial charge in [-0.05, 0) is 75.3 Å². The van der Waals surface area contributed by atoms with Gasteiger partial charge in [0.15, 0.2) is 0 Å². The number of aromatic amines is 1. The molecule has 1 atom stereocenters. The van der Waals surface area contributed by atoms with E-state index in [4.69, 9.17) is 22.4 Å². The maximum absolute atomic E-state index is 13.6. The lowest BCUT2D eigenvalue weighted by molar-refractivity contribution is -0.137. The lowest BCUT2D eigenvalue weighted by atomic mass is 10.1. The highest BCUT2D eigenvalue weighted by atomic mass is 35.5. The molecule has 0 spiro atoms. The van der Waals surface area contributed by atoms with Gasteiger partial charge in [-0.3, -0.25) is 14.5 Å². The van der Waals surface area contributed by atoms with Crippen LogP contribution in [0, 0.1) is 6.92 Å². The Balaban J connectivity index is 1.60. The van der Waals surface area contributed by atoms with Gasteiger partial charge in [0.1, 0.15) is 11.3 Å². The summed E-state index contributed by atoms with van der Waals surface area (Å²) in [5, 5.41) is 3.89. The van der Waals surface area contributed by atoms with E-state index >= 15 is 0 Å². The van der Waals surface area contributed by atoms with Gasteiger partial charge in [0.2, 0.25) is 0 Å². The van der Waals surface area contributed by atoms with E-state index in [2.05, 4.69) is 15.2 Å². The van der Waals surface area contributed by atoms with Crippen molar-refractivity contribution in [2.75, 3.05) is 23.9 Å². The summed E-state index contributed by atoms with van der Waals surface area (Å²) in [5.74, 6) is 5.12. The third kappa shape index (κ3) is 5.15. The van der Waals surface area contributed by atoms with Gasteiger partial charge >= 0.3 is 6.18 Å². The molecule has 0 bridgehead atoms. The zero-order chi connectivity index (χ0) is 28.8. The molecule has 12 heteroatoms. The number of fused-ring (bicyclic) bond motifs is 1. The first-order valence-corrected chi connectivity index (χ1v) is 12.9. The minimum absolute atomic E-state index is 0.00351. The first-order chi connectivity index (χ1) is 19.0. The fourth-order valence-corrected chi connectivity index (χ4v) is 5.12. The van der Waals surface area contributed by atoms with Gasteiger partial charge in [0.25, 0.3) is 11.8 Å². The Hall–Kier alpha value is -3.93. The molecule has 1 saturated heterocycles. The molecule has 8 nitrogen and oxygen atoms in total. The van der Waals surface area contributed by atoms with Crippen LogP contribution in [0.1, 0.15) is 56.6 Å². The normalized spacial score (nSPS) is 15.9. The molecule has 1 fully saturated rings. The summed E-state index contributed by atoms with van der Waals surface area (Å²) in [6, 6.07) is 12.3. The summed E-state index contributed by atoms with van der Waals surface area (Å²) in [5.41, 5.74) is 0.248. The van der Waals surface area contributed by atoms with Crippen LogP contribution in [-0.4, -0.2) is 40.3 Å². The molecule has 1 aliphatic rings. The zero-order valence-electron chi connectivity index (χ0n) is 21.6. The van der Waals surface area contributed by atoms with Crippen molar-refractivity contribution in [1.82, 2.24) is 14.9 Å². The quantitative estimate of drug-likeness (QED) is 0.153. The van der Waals surface area contributed by atoms with E-state index in [0.717, 1.165) is 31.5 Å². The van der Waals surface area contributed by atoms with Crippen LogP contribution in [0.25, 0.3) is 11.0 Å². The highest BCUT2D eigenvalue weighted by Gasteiger charge is 2.36. The number of likely N-dealkylation sites (tertiary alicyclic amines) is 1. The highest BCUT2D eigenvalue weighted by Crippen LogP contribution is 2.35. The Labute approximate surface area is 232 Å². The Morgan fingerprint density at radius 1 is 1.15 bits per heavy atom. The molecule has 2 amide bonds.